The molecule has 0 radical (unpaired) electrons. The molecule has 1 N–H and O–H groups in total. The van der Waals surface area contributed by atoms with Crippen molar-refractivity contribution in [3.8, 4) is 0 Å². The topological polar surface area (TPSA) is 83.6 Å². The summed E-state index contributed by atoms with van der Waals surface area (Å²) in [5, 5.41) is 6.40. The van der Waals surface area contributed by atoms with Gasteiger partial charge in [-0.3, -0.25) is 9.59 Å². The van der Waals surface area contributed by atoms with Crippen LogP contribution in [0.4, 0.5) is 0 Å². The highest BCUT2D eigenvalue weighted by atomic mass is 32.2. The first-order chi connectivity index (χ1) is 15.4. The molecule has 4 rings (SSSR count). The molecule has 0 aliphatic carbocycles. The van der Waals surface area contributed by atoms with Gasteiger partial charge in [0.2, 0.25) is 15.9 Å². The lowest BCUT2D eigenvalue weighted by atomic mass is 9.97. The largest absolute Gasteiger partial charge is 0.356 e. The minimum absolute atomic E-state index is 0.00704. The zero-order chi connectivity index (χ0) is 22.7. The summed E-state index contributed by atoms with van der Waals surface area (Å²) in [5.41, 5.74) is 1.72. The highest BCUT2D eigenvalue weighted by molar-refractivity contribution is 7.89. The summed E-state index contributed by atoms with van der Waals surface area (Å²) in [6.45, 7) is 2.64. The van der Waals surface area contributed by atoms with Gasteiger partial charge in [0.1, 0.15) is 0 Å². The van der Waals surface area contributed by atoms with Crippen molar-refractivity contribution in [2.75, 3.05) is 19.6 Å². The van der Waals surface area contributed by atoms with Crippen LogP contribution in [0, 0.1) is 5.92 Å². The van der Waals surface area contributed by atoms with Gasteiger partial charge in [0.05, 0.1) is 4.90 Å². The number of thiophene rings is 1. The van der Waals surface area contributed by atoms with Crippen molar-refractivity contribution < 1.29 is 18.0 Å². The molecule has 1 fully saturated rings. The Balaban J connectivity index is 1.29. The Hall–Kier alpha value is -2.55. The number of benzene rings is 2. The van der Waals surface area contributed by atoms with E-state index in [0.29, 0.717) is 38.0 Å². The van der Waals surface area contributed by atoms with Crippen LogP contribution in [0.25, 0.3) is 10.1 Å². The fraction of sp³-hybridized carbons (Fsp3) is 0.333. The van der Waals surface area contributed by atoms with E-state index in [1.165, 1.54) is 51.1 Å². The fourth-order valence-electron chi connectivity index (χ4n) is 4.06. The average Bonchev–Trinajstić information content (AvgIpc) is 3.22. The van der Waals surface area contributed by atoms with Crippen LogP contribution in [0.5, 0.6) is 0 Å². The molecule has 0 spiro atoms. The highest BCUT2D eigenvalue weighted by Gasteiger charge is 2.32. The monoisotopic (exact) mass is 470 g/mol. The number of carbonyl (C=O) groups is 2. The molecular weight excluding hydrogens is 444 g/mol. The lowest BCUT2D eigenvalue weighted by molar-refractivity contribution is -0.126. The molecule has 0 saturated carbocycles. The fourth-order valence-corrected chi connectivity index (χ4v) is 6.53. The number of amides is 1. The standard InChI is InChI=1S/C24H26N2O4S2/c1-17(27)18-6-8-21(9-7-18)32(29,30)26-14-11-19(12-15-26)24(28)25-13-10-20-16-31-23-5-3-2-4-22(20)23/h2-9,16,19H,10-15H2,1H3,(H,25,28). The molecule has 1 saturated heterocycles. The summed E-state index contributed by atoms with van der Waals surface area (Å²) in [6.07, 6.45) is 1.77. The van der Waals surface area contributed by atoms with Gasteiger partial charge >= 0.3 is 0 Å². The number of carbonyl (C=O) groups excluding carboxylic acids is 2. The molecule has 0 unspecified atom stereocenters. The van der Waals surface area contributed by atoms with Crippen LogP contribution >= 0.6 is 11.3 Å². The number of Topliss-reactive ketones (excluding diaryl/α,β-unsaturated/α-hetero) is 1. The molecule has 1 aliphatic rings. The Labute approximate surface area is 192 Å². The predicted octanol–water partition coefficient (Wildman–Crippen LogP) is 3.86. The van der Waals surface area contributed by atoms with Crippen molar-refractivity contribution in [2.45, 2.75) is 31.1 Å². The molecule has 6 nitrogen and oxygen atoms in total. The highest BCUT2D eigenvalue weighted by Crippen LogP contribution is 2.26. The molecular formula is C24H26N2O4S2. The maximum absolute atomic E-state index is 12.9. The normalized spacial score (nSPS) is 15.7. The number of nitrogens with one attached hydrogen (secondary N) is 1. The summed E-state index contributed by atoms with van der Waals surface area (Å²) in [7, 11) is -3.63. The molecule has 2 heterocycles. The van der Waals surface area contributed by atoms with E-state index in [4.69, 9.17) is 0 Å². The van der Waals surface area contributed by atoms with Gasteiger partial charge in [0.15, 0.2) is 5.78 Å². The average molecular weight is 471 g/mol. The van der Waals surface area contributed by atoms with E-state index in [9.17, 15) is 18.0 Å². The van der Waals surface area contributed by atoms with Crippen LogP contribution in [0.15, 0.2) is 58.8 Å². The number of hydrogen-bond donors (Lipinski definition) is 1. The van der Waals surface area contributed by atoms with E-state index in [1.807, 2.05) is 12.1 Å². The lowest BCUT2D eigenvalue weighted by Gasteiger charge is -2.30. The van der Waals surface area contributed by atoms with Gasteiger partial charge in [-0.05, 0) is 60.7 Å². The van der Waals surface area contributed by atoms with E-state index in [1.54, 1.807) is 11.3 Å². The second-order valence-electron chi connectivity index (χ2n) is 8.06. The van der Waals surface area contributed by atoms with Gasteiger partial charge in [0.25, 0.3) is 0 Å². The SMILES string of the molecule is CC(=O)c1ccc(S(=O)(=O)N2CCC(C(=O)NCCc3csc4ccccc34)CC2)cc1. The van der Waals surface area contributed by atoms with Gasteiger partial charge in [-0.1, -0.05) is 30.3 Å². The van der Waals surface area contributed by atoms with Crippen molar-refractivity contribution in [1.82, 2.24) is 9.62 Å². The number of hydrogen-bond acceptors (Lipinski definition) is 5. The zero-order valence-corrected chi connectivity index (χ0v) is 19.5. The second-order valence-corrected chi connectivity index (χ2v) is 10.9. The Morgan fingerprint density at radius 3 is 2.44 bits per heavy atom. The molecule has 8 heteroatoms. The maximum atomic E-state index is 12.9. The van der Waals surface area contributed by atoms with Gasteiger partial charge in [0, 0.05) is 35.8 Å². The summed E-state index contributed by atoms with van der Waals surface area (Å²) < 4.78 is 28.5. The van der Waals surface area contributed by atoms with Crippen LogP contribution in [-0.2, 0) is 21.2 Å². The van der Waals surface area contributed by atoms with Crippen molar-refractivity contribution in [3.05, 3.63) is 65.0 Å². The van der Waals surface area contributed by atoms with Gasteiger partial charge in [-0.25, -0.2) is 8.42 Å². The number of fused-ring (bicyclic) bond motifs is 1. The van der Waals surface area contributed by atoms with Crippen LogP contribution in [0.3, 0.4) is 0 Å². The predicted molar refractivity (Wildman–Crippen MR) is 126 cm³/mol. The number of sulfonamides is 1. The Morgan fingerprint density at radius 1 is 1.06 bits per heavy atom. The minimum atomic E-state index is -3.63. The van der Waals surface area contributed by atoms with Crippen molar-refractivity contribution in [3.63, 3.8) is 0 Å². The summed E-state index contributed by atoms with van der Waals surface area (Å²) >= 11 is 1.71. The third-order valence-corrected chi connectivity index (χ3v) is 8.90. The van der Waals surface area contributed by atoms with E-state index in [-0.39, 0.29) is 22.5 Å². The third kappa shape index (κ3) is 4.77. The molecule has 168 valence electrons. The van der Waals surface area contributed by atoms with E-state index in [0.717, 1.165) is 6.42 Å². The smallest absolute Gasteiger partial charge is 0.243 e. The molecule has 0 bridgehead atoms. The van der Waals surface area contributed by atoms with Crippen molar-refractivity contribution >= 4 is 43.1 Å². The first-order valence-electron chi connectivity index (χ1n) is 10.7. The second kappa shape index (κ2) is 9.52. The van der Waals surface area contributed by atoms with Crippen LogP contribution < -0.4 is 5.32 Å². The number of piperidine rings is 1. The summed E-state index contributed by atoms with van der Waals surface area (Å²) in [6, 6.07) is 14.3. The first kappa shape index (κ1) is 22.6. The van der Waals surface area contributed by atoms with Gasteiger partial charge in [-0.15, -0.1) is 11.3 Å². The van der Waals surface area contributed by atoms with E-state index >= 15 is 0 Å². The lowest BCUT2D eigenvalue weighted by Crippen LogP contribution is -2.43. The third-order valence-electron chi connectivity index (χ3n) is 5.98. The maximum Gasteiger partial charge on any atom is 0.243 e. The molecule has 1 aromatic heterocycles. The van der Waals surface area contributed by atoms with E-state index in [2.05, 4.69) is 22.8 Å². The van der Waals surface area contributed by atoms with E-state index < -0.39 is 10.0 Å². The summed E-state index contributed by atoms with van der Waals surface area (Å²) in [4.78, 5) is 24.2. The van der Waals surface area contributed by atoms with Gasteiger partial charge < -0.3 is 5.32 Å². The van der Waals surface area contributed by atoms with Crippen molar-refractivity contribution in [1.29, 1.82) is 0 Å². The van der Waals surface area contributed by atoms with Crippen LogP contribution in [0.2, 0.25) is 0 Å². The summed E-state index contributed by atoms with van der Waals surface area (Å²) in [5.74, 6) is -0.291. The van der Waals surface area contributed by atoms with Crippen LogP contribution in [0.1, 0.15) is 35.7 Å². The van der Waals surface area contributed by atoms with Crippen molar-refractivity contribution in [2.24, 2.45) is 5.92 Å². The molecule has 32 heavy (non-hydrogen) atoms. The number of rotatable bonds is 7. The first-order valence-corrected chi connectivity index (χ1v) is 13.0. The minimum Gasteiger partial charge on any atom is -0.356 e. The van der Waals surface area contributed by atoms with Crippen LogP contribution in [-0.4, -0.2) is 44.0 Å². The Morgan fingerprint density at radius 2 is 1.75 bits per heavy atom. The molecule has 1 amide bonds. The molecule has 1 aliphatic heterocycles. The molecule has 3 aromatic rings. The Bertz CT molecular complexity index is 1220. The van der Waals surface area contributed by atoms with Gasteiger partial charge in [-0.2, -0.15) is 4.31 Å². The number of nitrogens with zero attached hydrogens (tertiary/aromatic N) is 1. The quantitative estimate of drug-likeness (QED) is 0.532. The zero-order valence-electron chi connectivity index (χ0n) is 17.9. The number of ketones is 1. The molecule has 0 atom stereocenters. The Kier molecular flexibility index (Phi) is 6.74. The molecule has 2 aromatic carbocycles.